The zero-order valence-corrected chi connectivity index (χ0v) is 22.7. The molecule has 0 bridgehead atoms. The molecule has 0 aliphatic heterocycles. The predicted octanol–water partition coefficient (Wildman–Crippen LogP) is 4.99. The predicted molar refractivity (Wildman–Crippen MR) is 136 cm³/mol. The van der Waals surface area contributed by atoms with Crippen molar-refractivity contribution in [3.8, 4) is 0 Å². The molecular weight excluding hydrogens is 430 g/mol. The number of nitrogens with one attached hydrogen (secondary N) is 2. The third kappa shape index (κ3) is 8.99. The Bertz CT molecular complexity index is 822. The largest absolute Gasteiger partial charge is 0.444 e. The van der Waals surface area contributed by atoms with E-state index in [1.807, 2.05) is 65.8 Å². The molecule has 0 fully saturated rings. The summed E-state index contributed by atoms with van der Waals surface area (Å²) in [5.74, 6) is -0.716. The van der Waals surface area contributed by atoms with E-state index in [1.165, 1.54) is 0 Å². The number of hydrogen-bond acceptors (Lipinski definition) is 4. The molecule has 3 amide bonds. The van der Waals surface area contributed by atoms with Crippen LogP contribution < -0.4 is 10.6 Å². The highest BCUT2D eigenvalue weighted by molar-refractivity contribution is 5.92. The van der Waals surface area contributed by atoms with Crippen LogP contribution in [0.3, 0.4) is 0 Å². The van der Waals surface area contributed by atoms with Gasteiger partial charge in [0, 0.05) is 12.1 Å². The van der Waals surface area contributed by atoms with Crippen LogP contribution in [-0.2, 0) is 20.7 Å². The van der Waals surface area contributed by atoms with Crippen LogP contribution >= 0.6 is 0 Å². The first-order chi connectivity index (χ1) is 15.6. The first kappa shape index (κ1) is 29.5. The Labute approximate surface area is 206 Å². The Kier molecular flexibility index (Phi) is 10.6. The SMILES string of the molecule is CCc1ccc(C(C(=O)NC(C)(C)C)N(CC)C(=O)C(NC(=O)OC(C)(C)C)C(C)CC)cc1. The lowest BCUT2D eigenvalue weighted by Gasteiger charge is -2.36. The average molecular weight is 476 g/mol. The molecule has 0 heterocycles. The highest BCUT2D eigenvalue weighted by Gasteiger charge is 2.38. The van der Waals surface area contributed by atoms with Crippen molar-refractivity contribution >= 4 is 17.9 Å². The third-order valence-electron chi connectivity index (χ3n) is 5.54. The van der Waals surface area contributed by atoms with E-state index in [-0.39, 0.29) is 17.7 Å². The van der Waals surface area contributed by atoms with Gasteiger partial charge in [0.1, 0.15) is 17.7 Å². The van der Waals surface area contributed by atoms with Crippen LogP contribution in [0.25, 0.3) is 0 Å². The first-order valence-corrected chi connectivity index (χ1v) is 12.3. The summed E-state index contributed by atoms with van der Waals surface area (Å²) in [6.07, 6.45) is 0.907. The van der Waals surface area contributed by atoms with Gasteiger partial charge in [-0.25, -0.2) is 4.79 Å². The normalized spacial score (nSPS) is 14.5. The van der Waals surface area contributed by atoms with E-state index in [0.29, 0.717) is 13.0 Å². The summed E-state index contributed by atoms with van der Waals surface area (Å²) < 4.78 is 5.41. The van der Waals surface area contributed by atoms with Crippen molar-refractivity contribution < 1.29 is 19.1 Å². The number of ether oxygens (including phenoxy) is 1. The van der Waals surface area contributed by atoms with Gasteiger partial charge in [-0.1, -0.05) is 51.5 Å². The quantitative estimate of drug-likeness (QED) is 0.526. The van der Waals surface area contributed by atoms with Crippen molar-refractivity contribution in [1.29, 1.82) is 0 Å². The fraction of sp³-hybridized carbons (Fsp3) is 0.667. The monoisotopic (exact) mass is 475 g/mol. The van der Waals surface area contributed by atoms with Crippen LogP contribution in [0.5, 0.6) is 0 Å². The van der Waals surface area contributed by atoms with Crippen molar-refractivity contribution in [2.24, 2.45) is 5.92 Å². The van der Waals surface area contributed by atoms with Gasteiger partial charge in [-0.15, -0.1) is 0 Å². The molecule has 0 radical (unpaired) electrons. The van der Waals surface area contributed by atoms with Crippen LogP contribution in [0.4, 0.5) is 4.79 Å². The van der Waals surface area contributed by atoms with E-state index in [0.717, 1.165) is 17.5 Å². The number of likely N-dealkylation sites (N-methyl/N-ethyl adjacent to an activating group) is 1. The zero-order valence-electron chi connectivity index (χ0n) is 22.7. The summed E-state index contributed by atoms with van der Waals surface area (Å²) in [6, 6.07) is 6.13. The molecule has 0 saturated heterocycles. The standard InChI is InChI=1S/C27H45N3O4/c1-11-18(4)21(28-25(33)34-27(8,9)10)24(32)30(13-3)22(23(31)29-26(5,6)7)20-16-14-19(12-2)15-17-20/h14-18,21-22H,11-13H2,1-10H3,(H,28,33)(H,29,31). The molecule has 3 atom stereocenters. The molecule has 1 rings (SSSR count). The molecule has 0 saturated carbocycles. The minimum atomic E-state index is -0.824. The second-order valence-corrected chi connectivity index (χ2v) is 10.9. The van der Waals surface area contributed by atoms with Gasteiger partial charge in [0.15, 0.2) is 0 Å². The second kappa shape index (κ2) is 12.2. The van der Waals surface area contributed by atoms with Crippen molar-refractivity contribution in [2.45, 2.75) is 105 Å². The maximum absolute atomic E-state index is 13.9. The molecule has 3 unspecified atom stereocenters. The fourth-order valence-electron chi connectivity index (χ4n) is 3.61. The number of carbonyl (C=O) groups excluding carboxylic acids is 3. The molecule has 0 spiro atoms. The van der Waals surface area contributed by atoms with E-state index >= 15 is 0 Å². The number of hydrogen-bond donors (Lipinski definition) is 2. The summed E-state index contributed by atoms with van der Waals surface area (Å²) >= 11 is 0. The molecule has 0 aliphatic carbocycles. The fourth-order valence-corrected chi connectivity index (χ4v) is 3.61. The lowest BCUT2D eigenvalue weighted by molar-refractivity contribution is -0.143. The Hall–Kier alpha value is -2.57. The van der Waals surface area contributed by atoms with Crippen molar-refractivity contribution in [3.05, 3.63) is 35.4 Å². The number of rotatable bonds is 9. The smallest absolute Gasteiger partial charge is 0.408 e. The van der Waals surface area contributed by atoms with Crippen LogP contribution in [0.15, 0.2) is 24.3 Å². The van der Waals surface area contributed by atoms with Gasteiger partial charge in [-0.3, -0.25) is 9.59 Å². The van der Waals surface area contributed by atoms with Crippen molar-refractivity contribution in [3.63, 3.8) is 0 Å². The van der Waals surface area contributed by atoms with E-state index in [2.05, 4.69) is 17.6 Å². The maximum atomic E-state index is 13.9. The van der Waals surface area contributed by atoms with Crippen molar-refractivity contribution in [2.75, 3.05) is 6.54 Å². The Morgan fingerprint density at radius 3 is 1.94 bits per heavy atom. The zero-order chi connectivity index (χ0) is 26.3. The summed E-state index contributed by atoms with van der Waals surface area (Å²) in [4.78, 5) is 41.4. The van der Waals surface area contributed by atoms with Gasteiger partial charge >= 0.3 is 6.09 Å². The molecular formula is C27H45N3O4. The average Bonchev–Trinajstić information content (AvgIpc) is 2.72. The van der Waals surface area contributed by atoms with Gasteiger partial charge in [0.25, 0.3) is 0 Å². The Morgan fingerprint density at radius 1 is 0.971 bits per heavy atom. The molecule has 0 aliphatic rings. The van der Waals surface area contributed by atoms with Crippen LogP contribution in [0.2, 0.25) is 0 Å². The van der Waals surface area contributed by atoms with Crippen LogP contribution in [-0.4, -0.2) is 46.5 Å². The van der Waals surface area contributed by atoms with E-state index in [9.17, 15) is 14.4 Å². The number of carbonyl (C=O) groups is 3. The number of alkyl carbamates (subject to hydrolysis) is 1. The minimum Gasteiger partial charge on any atom is -0.444 e. The highest BCUT2D eigenvalue weighted by Crippen LogP contribution is 2.25. The third-order valence-corrected chi connectivity index (χ3v) is 5.54. The van der Waals surface area contributed by atoms with Gasteiger partial charge in [0.05, 0.1) is 0 Å². The molecule has 1 aromatic rings. The molecule has 34 heavy (non-hydrogen) atoms. The molecule has 7 heteroatoms. The summed E-state index contributed by atoms with van der Waals surface area (Å²) in [5, 5.41) is 5.79. The van der Waals surface area contributed by atoms with Crippen LogP contribution in [0, 0.1) is 5.92 Å². The molecule has 192 valence electrons. The molecule has 0 aromatic heterocycles. The maximum Gasteiger partial charge on any atom is 0.408 e. The summed E-state index contributed by atoms with van der Waals surface area (Å²) in [7, 11) is 0. The Morgan fingerprint density at radius 2 is 1.53 bits per heavy atom. The van der Waals surface area contributed by atoms with Gasteiger partial charge < -0.3 is 20.3 Å². The number of amides is 3. The highest BCUT2D eigenvalue weighted by atomic mass is 16.6. The van der Waals surface area contributed by atoms with E-state index in [4.69, 9.17) is 4.74 Å². The van der Waals surface area contributed by atoms with Gasteiger partial charge in [-0.2, -0.15) is 0 Å². The topological polar surface area (TPSA) is 87.7 Å². The van der Waals surface area contributed by atoms with Gasteiger partial charge in [0.2, 0.25) is 11.8 Å². The number of nitrogens with zero attached hydrogens (tertiary/aromatic N) is 1. The lowest BCUT2D eigenvalue weighted by Crippen LogP contribution is -2.56. The van der Waals surface area contributed by atoms with Crippen LogP contribution in [0.1, 0.15) is 92.8 Å². The molecule has 7 nitrogen and oxygen atoms in total. The first-order valence-electron chi connectivity index (χ1n) is 12.3. The Balaban J connectivity index is 3.42. The summed E-state index contributed by atoms with van der Waals surface area (Å²) in [5.41, 5.74) is 0.728. The number of aryl methyl sites for hydroxylation is 1. The van der Waals surface area contributed by atoms with Crippen molar-refractivity contribution in [1.82, 2.24) is 15.5 Å². The molecule has 2 N–H and O–H groups in total. The molecule has 1 aromatic carbocycles. The minimum absolute atomic E-state index is 0.150. The van der Waals surface area contributed by atoms with E-state index < -0.39 is 29.3 Å². The number of benzene rings is 1. The lowest BCUT2D eigenvalue weighted by atomic mass is 9.95. The second-order valence-electron chi connectivity index (χ2n) is 10.9. The van der Waals surface area contributed by atoms with E-state index in [1.54, 1.807) is 25.7 Å². The summed E-state index contributed by atoms with van der Waals surface area (Å²) in [6.45, 7) is 19.1. The van der Waals surface area contributed by atoms with Gasteiger partial charge in [-0.05, 0) is 71.9 Å².